The summed E-state index contributed by atoms with van der Waals surface area (Å²) in [6, 6.07) is 3.98. The maximum Gasteiger partial charge on any atom is 0.323 e. The average Bonchev–Trinajstić information content (AvgIpc) is 3.12. The molecule has 4 rings (SSSR count). The van der Waals surface area contributed by atoms with Crippen LogP contribution < -0.4 is 15.5 Å². The number of hydrogen-bond donors (Lipinski definition) is 2. The first-order valence-electron chi connectivity index (χ1n) is 9.78. The van der Waals surface area contributed by atoms with Crippen molar-refractivity contribution in [2.45, 2.75) is 31.6 Å². The van der Waals surface area contributed by atoms with Gasteiger partial charge in [0.1, 0.15) is 24.7 Å². The minimum absolute atomic E-state index is 0.235. The van der Waals surface area contributed by atoms with Crippen molar-refractivity contribution in [2.75, 3.05) is 43.9 Å². The highest BCUT2D eigenvalue weighted by Crippen LogP contribution is 2.27. The molecule has 9 nitrogen and oxygen atoms in total. The number of anilines is 2. The van der Waals surface area contributed by atoms with Crippen LogP contribution in [0, 0.1) is 5.82 Å². The van der Waals surface area contributed by atoms with Crippen molar-refractivity contribution in [3.05, 3.63) is 24.0 Å². The average molecular weight is 404 g/mol. The summed E-state index contributed by atoms with van der Waals surface area (Å²) in [5, 5.41) is 5.34. The lowest BCUT2D eigenvalue weighted by atomic mass is 10.1. The monoisotopic (exact) mass is 404 g/mol. The highest BCUT2D eigenvalue weighted by Gasteiger charge is 2.52. The maximum absolute atomic E-state index is 14.5. The number of carbonyl (C=O) groups excluding carboxylic acids is 3. The van der Waals surface area contributed by atoms with Crippen molar-refractivity contribution in [3.8, 4) is 0 Å². The van der Waals surface area contributed by atoms with Crippen molar-refractivity contribution >= 4 is 29.3 Å². The Morgan fingerprint density at radius 1 is 1.17 bits per heavy atom. The fourth-order valence-electron chi connectivity index (χ4n) is 4.27. The van der Waals surface area contributed by atoms with Gasteiger partial charge in [-0.3, -0.25) is 9.69 Å². The van der Waals surface area contributed by atoms with E-state index in [1.165, 1.54) is 20.8 Å². The number of carbonyl (C=O) groups is 3. The summed E-state index contributed by atoms with van der Waals surface area (Å²) < 4.78 is 14.5. The molecule has 29 heavy (non-hydrogen) atoms. The zero-order valence-corrected chi connectivity index (χ0v) is 16.5. The third kappa shape index (κ3) is 3.43. The second kappa shape index (κ2) is 7.41. The van der Waals surface area contributed by atoms with Crippen LogP contribution in [0.1, 0.15) is 19.3 Å². The number of benzene rings is 1. The third-order valence-electron chi connectivity index (χ3n) is 5.79. The predicted molar refractivity (Wildman–Crippen MR) is 105 cm³/mol. The van der Waals surface area contributed by atoms with Crippen molar-refractivity contribution in [1.82, 2.24) is 20.0 Å². The fraction of sp³-hybridized carbons (Fsp3) is 0.526. The molecule has 0 spiro atoms. The Morgan fingerprint density at radius 3 is 2.59 bits per heavy atom. The van der Waals surface area contributed by atoms with Gasteiger partial charge in [-0.25, -0.2) is 14.0 Å². The fourth-order valence-corrected chi connectivity index (χ4v) is 4.27. The molecule has 3 aliphatic heterocycles. The van der Waals surface area contributed by atoms with Crippen LogP contribution in [-0.4, -0.2) is 78.7 Å². The molecule has 0 aliphatic carbocycles. The molecule has 0 aromatic heterocycles. The zero-order chi connectivity index (χ0) is 20.7. The highest BCUT2D eigenvalue weighted by molar-refractivity contribution is 5.95. The van der Waals surface area contributed by atoms with Crippen LogP contribution in [0.3, 0.4) is 0 Å². The van der Waals surface area contributed by atoms with Gasteiger partial charge in [-0.15, -0.1) is 0 Å². The van der Waals surface area contributed by atoms with Crippen LogP contribution in [0.15, 0.2) is 18.2 Å². The number of piperidine rings is 1. The maximum atomic E-state index is 14.5. The smallest absolute Gasteiger partial charge is 0.323 e. The number of rotatable bonds is 4. The minimum Gasteiger partial charge on any atom is -0.369 e. The van der Waals surface area contributed by atoms with E-state index in [-0.39, 0.29) is 18.4 Å². The number of hydrogen-bond acceptors (Lipinski definition) is 4. The van der Waals surface area contributed by atoms with Gasteiger partial charge in [0.2, 0.25) is 5.91 Å². The third-order valence-corrected chi connectivity index (χ3v) is 5.79. The molecule has 0 saturated carbocycles. The molecule has 5 amide bonds. The molecule has 10 heteroatoms. The second-order valence-corrected chi connectivity index (χ2v) is 7.70. The molecular weight excluding hydrogens is 379 g/mol. The Bertz CT molecular complexity index is 843. The largest absolute Gasteiger partial charge is 0.369 e. The summed E-state index contributed by atoms with van der Waals surface area (Å²) in [6.07, 6.45) is 2.18. The minimum atomic E-state index is -0.566. The summed E-state index contributed by atoms with van der Waals surface area (Å²) in [5.74, 6) is -0.840. The van der Waals surface area contributed by atoms with E-state index in [0.29, 0.717) is 11.4 Å². The van der Waals surface area contributed by atoms with Gasteiger partial charge >= 0.3 is 12.1 Å². The molecular formula is C19H25FN6O3. The number of halogens is 1. The van der Waals surface area contributed by atoms with Gasteiger partial charge in [0, 0.05) is 32.9 Å². The highest BCUT2D eigenvalue weighted by atomic mass is 19.1. The number of amides is 5. The van der Waals surface area contributed by atoms with Crippen molar-refractivity contribution in [2.24, 2.45) is 0 Å². The Hall–Kier alpha value is -3.04. The summed E-state index contributed by atoms with van der Waals surface area (Å²) >= 11 is 0. The van der Waals surface area contributed by atoms with Crippen LogP contribution >= 0.6 is 0 Å². The quantitative estimate of drug-likeness (QED) is 0.795. The van der Waals surface area contributed by atoms with Gasteiger partial charge in [-0.1, -0.05) is 0 Å². The van der Waals surface area contributed by atoms with E-state index < -0.39 is 24.3 Å². The van der Waals surface area contributed by atoms with Crippen LogP contribution in [0.2, 0.25) is 0 Å². The number of fused-ring (bicyclic) bond motifs is 1. The molecule has 3 heterocycles. The SMILES string of the molecule is CN1C(=O)N(C)[C@H]2NC(=O)N(CC(=O)Nc3ccc(N4CCCCC4)c(F)c3)[C@H]21. The zero-order valence-electron chi connectivity index (χ0n) is 16.5. The summed E-state index contributed by atoms with van der Waals surface area (Å²) in [7, 11) is 3.18. The first kappa shape index (κ1) is 19.3. The van der Waals surface area contributed by atoms with Crippen LogP contribution in [0.25, 0.3) is 0 Å². The number of nitrogens with one attached hydrogen (secondary N) is 2. The van der Waals surface area contributed by atoms with Crippen LogP contribution in [-0.2, 0) is 4.79 Å². The lowest BCUT2D eigenvalue weighted by Gasteiger charge is -2.29. The molecule has 1 aromatic carbocycles. The lowest BCUT2D eigenvalue weighted by molar-refractivity contribution is -0.117. The molecule has 0 unspecified atom stereocenters. The molecule has 2 atom stereocenters. The molecule has 156 valence electrons. The predicted octanol–water partition coefficient (Wildman–Crippen LogP) is 1.43. The van der Waals surface area contributed by atoms with Crippen molar-refractivity contribution in [3.63, 3.8) is 0 Å². The summed E-state index contributed by atoms with van der Waals surface area (Å²) in [6.45, 7) is 1.42. The Kier molecular flexibility index (Phi) is 4.93. The number of urea groups is 2. The molecule has 0 radical (unpaired) electrons. The molecule has 3 fully saturated rings. The second-order valence-electron chi connectivity index (χ2n) is 7.70. The lowest BCUT2D eigenvalue weighted by Crippen LogP contribution is -2.47. The van der Waals surface area contributed by atoms with E-state index in [2.05, 4.69) is 10.6 Å². The molecule has 3 aliphatic rings. The number of likely N-dealkylation sites (N-methyl/N-ethyl adjacent to an activating group) is 2. The van der Waals surface area contributed by atoms with E-state index in [9.17, 15) is 18.8 Å². The Balaban J connectivity index is 1.41. The van der Waals surface area contributed by atoms with Gasteiger partial charge in [0.15, 0.2) is 0 Å². The Labute approximate surface area is 168 Å². The molecule has 0 bridgehead atoms. The summed E-state index contributed by atoms with van der Waals surface area (Å²) in [5.41, 5.74) is 0.871. The normalized spacial score (nSPS) is 24.1. The van der Waals surface area contributed by atoms with Gasteiger partial charge in [-0.2, -0.15) is 0 Å². The number of nitrogens with zero attached hydrogens (tertiary/aromatic N) is 4. The standard InChI is InChI=1S/C19H25FN6O3/c1-23-16-17(24(2)19(23)29)26(18(28)22-16)11-15(27)21-12-6-7-14(13(20)10-12)25-8-4-3-5-9-25/h6-7,10,16-17H,3-5,8-9,11H2,1-2H3,(H,21,27)(H,22,28)/t16-,17-/m1/s1. The first-order chi connectivity index (χ1) is 13.9. The van der Waals surface area contributed by atoms with Crippen LogP contribution in [0.5, 0.6) is 0 Å². The first-order valence-corrected chi connectivity index (χ1v) is 9.78. The van der Waals surface area contributed by atoms with Gasteiger partial charge in [0.05, 0.1) is 5.69 Å². The molecule has 1 aromatic rings. The van der Waals surface area contributed by atoms with Gasteiger partial charge < -0.3 is 25.3 Å². The van der Waals surface area contributed by atoms with Crippen molar-refractivity contribution < 1.29 is 18.8 Å². The van der Waals surface area contributed by atoms with Gasteiger partial charge in [0.25, 0.3) is 0 Å². The van der Waals surface area contributed by atoms with E-state index in [0.717, 1.165) is 32.4 Å². The van der Waals surface area contributed by atoms with Crippen molar-refractivity contribution in [1.29, 1.82) is 0 Å². The summed E-state index contributed by atoms with van der Waals surface area (Å²) in [4.78, 5) is 43.0. The topological polar surface area (TPSA) is 88.2 Å². The van der Waals surface area contributed by atoms with Gasteiger partial charge in [-0.05, 0) is 37.5 Å². The van der Waals surface area contributed by atoms with Crippen LogP contribution in [0.4, 0.5) is 25.4 Å². The van der Waals surface area contributed by atoms with E-state index in [4.69, 9.17) is 0 Å². The van der Waals surface area contributed by atoms with E-state index in [1.807, 2.05) is 4.90 Å². The molecule has 2 N–H and O–H groups in total. The molecule has 3 saturated heterocycles. The van der Waals surface area contributed by atoms with E-state index in [1.54, 1.807) is 26.2 Å². The Morgan fingerprint density at radius 2 is 1.90 bits per heavy atom. The van der Waals surface area contributed by atoms with E-state index >= 15 is 0 Å².